The second-order valence-electron chi connectivity index (χ2n) is 6.45. The number of rotatable bonds is 4. The maximum Gasteiger partial charge on any atom is 0.262 e. The van der Waals surface area contributed by atoms with Crippen LogP contribution in [0, 0.1) is 0 Å². The van der Waals surface area contributed by atoms with Crippen molar-refractivity contribution in [2.45, 2.75) is 44.7 Å². The maximum atomic E-state index is 12.7. The fraction of sp³-hybridized carbons (Fsp3) is 0.500. The fourth-order valence-electron chi connectivity index (χ4n) is 3.16. The molecule has 2 heterocycles. The normalized spacial score (nSPS) is 20.5. The quantitative estimate of drug-likeness (QED) is 0.541. The number of hydrogen-bond acceptors (Lipinski definition) is 5. The number of halogens is 1. The summed E-state index contributed by atoms with van der Waals surface area (Å²) in [7, 11) is 0. The van der Waals surface area contributed by atoms with Crippen LogP contribution in [0.1, 0.15) is 20.8 Å². The Hall–Kier alpha value is -1.38. The van der Waals surface area contributed by atoms with Crippen molar-refractivity contribution >= 4 is 44.5 Å². The van der Waals surface area contributed by atoms with E-state index < -0.39 is 0 Å². The van der Waals surface area contributed by atoms with Crippen LogP contribution in [0.3, 0.4) is 0 Å². The second-order valence-corrected chi connectivity index (χ2v) is 8.31. The van der Waals surface area contributed by atoms with E-state index >= 15 is 0 Å². The molecule has 6 nitrogen and oxygen atoms in total. The van der Waals surface area contributed by atoms with Crippen molar-refractivity contribution in [3.8, 4) is 0 Å². The van der Waals surface area contributed by atoms with Gasteiger partial charge in [0.2, 0.25) is 5.91 Å². The van der Waals surface area contributed by atoms with Crippen molar-refractivity contribution < 1.29 is 9.53 Å². The predicted octanol–water partition coefficient (Wildman–Crippen LogP) is 2.91. The molecule has 0 N–H and O–H groups in total. The summed E-state index contributed by atoms with van der Waals surface area (Å²) in [6.07, 6.45) is 0.0810. The molecule has 8 heteroatoms. The molecule has 3 rings (SSSR count). The summed E-state index contributed by atoms with van der Waals surface area (Å²) in [6.45, 7) is 7.56. The SMILES string of the molecule is CCn1c(SCC(=O)N2CC(C)OC(C)C2)nc2ccc(Br)cc2c1=O. The highest BCUT2D eigenvalue weighted by atomic mass is 79.9. The van der Waals surface area contributed by atoms with Gasteiger partial charge in [-0.15, -0.1) is 0 Å². The Balaban J connectivity index is 1.81. The molecule has 0 spiro atoms. The Kier molecular flexibility index (Phi) is 6.04. The van der Waals surface area contributed by atoms with Crippen molar-refractivity contribution in [2.75, 3.05) is 18.8 Å². The van der Waals surface area contributed by atoms with Crippen molar-refractivity contribution in [1.29, 1.82) is 0 Å². The molecular weight excluding hydrogens is 418 g/mol. The van der Waals surface area contributed by atoms with Crippen LogP contribution in [0.5, 0.6) is 0 Å². The molecule has 2 aromatic rings. The van der Waals surface area contributed by atoms with Crippen LogP contribution in [-0.4, -0.2) is 51.4 Å². The van der Waals surface area contributed by atoms with E-state index in [1.165, 1.54) is 11.8 Å². The summed E-state index contributed by atoms with van der Waals surface area (Å²) in [5.41, 5.74) is 0.564. The first kappa shape index (κ1) is 19.4. The first-order valence-corrected chi connectivity index (χ1v) is 10.4. The van der Waals surface area contributed by atoms with E-state index in [1.807, 2.05) is 37.8 Å². The van der Waals surface area contributed by atoms with E-state index in [-0.39, 0.29) is 29.4 Å². The van der Waals surface area contributed by atoms with E-state index in [0.29, 0.717) is 35.7 Å². The number of carbonyl (C=O) groups is 1. The number of amides is 1. The minimum atomic E-state index is -0.0811. The lowest BCUT2D eigenvalue weighted by Gasteiger charge is -2.35. The molecule has 0 aliphatic carbocycles. The third-order valence-corrected chi connectivity index (χ3v) is 5.75. The fourth-order valence-corrected chi connectivity index (χ4v) is 4.49. The van der Waals surface area contributed by atoms with E-state index in [4.69, 9.17) is 4.74 Å². The molecule has 1 saturated heterocycles. The van der Waals surface area contributed by atoms with Crippen LogP contribution >= 0.6 is 27.7 Å². The Morgan fingerprint density at radius 1 is 1.35 bits per heavy atom. The lowest BCUT2D eigenvalue weighted by Crippen LogP contribution is -2.48. The van der Waals surface area contributed by atoms with Gasteiger partial charge >= 0.3 is 0 Å². The third-order valence-electron chi connectivity index (χ3n) is 4.29. The molecule has 2 unspecified atom stereocenters. The standard InChI is InChI=1S/C18H22BrN3O3S/c1-4-22-17(24)14-7-13(19)5-6-15(14)20-18(22)26-10-16(23)21-8-11(2)25-12(3)9-21/h5-7,11-12H,4,8-10H2,1-3H3. The topological polar surface area (TPSA) is 64.4 Å². The summed E-state index contributed by atoms with van der Waals surface area (Å²) in [5.74, 6) is 0.304. The van der Waals surface area contributed by atoms with Gasteiger partial charge in [0.05, 0.1) is 28.9 Å². The van der Waals surface area contributed by atoms with Crippen molar-refractivity contribution in [1.82, 2.24) is 14.5 Å². The highest BCUT2D eigenvalue weighted by Gasteiger charge is 2.26. The van der Waals surface area contributed by atoms with E-state index in [0.717, 1.165) is 4.47 Å². The van der Waals surface area contributed by atoms with Crippen molar-refractivity contribution in [3.05, 3.63) is 33.0 Å². The molecule has 0 bridgehead atoms. The lowest BCUT2D eigenvalue weighted by atomic mass is 10.2. The van der Waals surface area contributed by atoms with Crippen LogP contribution in [0.25, 0.3) is 10.9 Å². The molecule has 1 aliphatic heterocycles. The molecule has 1 fully saturated rings. The zero-order valence-electron chi connectivity index (χ0n) is 15.1. The van der Waals surface area contributed by atoms with Gasteiger partial charge in [-0.3, -0.25) is 14.2 Å². The van der Waals surface area contributed by atoms with Crippen LogP contribution < -0.4 is 5.56 Å². The summed E-state index contributed by atoms with van der Waals surface area (Å²) in [5, 5.41) is 1.16. The smallest absolute Gasteiger partial charge is 0.262 e. The Bertz CT molecular complexity index is 876. The zero-order valence-corrected chi connectivity index (χ0v) is 17.5. The molecule has 1 aromatic carbocycles. The van der Waals surface area contributed by atoms with Crippen LogP contribution in [0.2, 0.25) is 0 Å². The van der Waals surface area contributed by atoms with E-state index in [1.54, 1.807) is 10.6 Å². The monoisotopic (exact) mass is 439 g/mol. The van der Waals surface area contributed by atoms with Crippen LogP contribution in [-0.2, 0) is 16.1 Å². The minimum Gasteiger partial charge on any atom is -0.372 e. The van der Waals surface area contributed by atoms with Crippen molar-refractivity contribution in [2.24, 2.45) is 0 Å². The van der Waals surface area contributed by atoms with Gasteiger partial charge < -0.3 is 9.64 Å². The first-order chi connectivity index (χ1) is 12.4. The average Bonchev–Trinajstić information content (AvgIpc) is 2.59. The van der Waals surface area contributed by atoms with Gasteiger partial charge in [-0.2, -0.15) is 0 Å². The van der Waals surface area contributed by atoms with Gasteiger partial charge in [0.1, 0.15) is 0 Å². The molecular formula is C18H22BrN3O3S. The number of aromatic nitrogens is 2. The number of hydrogen-bond donors (Lipinski definition) is 0. The number of fused-ring (bicyclic) bond motifs is 1. The van der Waals surface area contributed by atoms with Gasteiger partial charge in [-0.25, -0.2) is 4.98 Å². The summed E-state index contributed by atoms with van der Waals surface area (Å²) in [6, 6.07) is 5.46. The van der Waals surface area contributed by atoms with Crippen molar-refractivity contribution in [3.63, 3.8) is 0 Å². The summed E-state index contributed by atoms with van der Waals surface area (Å²) in [4.78, 5) is 31.8. The lowest BCUT2D eigenvalue weighted by molar-refractivity contribution is -0.140. The highest BCUT2D eigenvalue weighted by Crippen LogP contribution is 2.21. The van der Waals surface area contributed by atoms with Gasteiger partial charge in [-0.05, 0) is 39.0 Å². The Labute approximate surface area is 165 Å². The van der Waals surface area contributed by atoms with E-state index in [9.17, 15) is 9.59 Å². The molecule has 1 aromatic heterocycles. The molecule has 0 radical (unpaired) electrons. The van der Waals surface area contributed by atoms with Gasteiger partial charge in [0.15, 0.2) is 5.16 Å². The number of nitrogens with zero attached hydrogens (tertiary/aromatic N) is 3. The molecule has 1 amide bonds. The molecule has 0 saturated carbocycles. The summed E-state index contributed by atoms with van der Waals surface area (Å²) >= 11 is 4.71. The average molecular weight is 440 g/mol. The Morgan fingerprint density at radius 2 is 2.04 bits per heavy atom. The minimum absolute atomic E-state index is 0.0405. The zero-order chi connectivity index (χ0) is 18.8. The predicted molar refractivity (Wildman–Crippen MR) is 107 cm³/mol. The largest absolute Gasteiger partial charge is 0.372 e. The van der Waals surface area contributed by atoms with Gasteiger partial charge in [-0.1, -0.05) is 27.7 Å². The number of morpholine rings is 1. The first-order valence-electron chi connectivity index (χ1n) is 8.65. The van der Waals surface area contributed by atoms with Crippen LogP contribution in [0.15, 0.2) is 32.6 Å². The highest BCUT2D eigenvalue weighted by molar-refractivity contribution is 9.10. The number of thioether (sulfide) groups is 1. The molecule has 2 atom stereocenters. The molecule has 26 heavy (non-hydrogen) atoms. The second kappa shape index (κ2) is 8.10. The van der Waals surface area contributed by atoms with Gasteiger partial charge in [0, 0.05) is 24.1 Å². The van der Waals surface area contributed by atoms with E-state index in [2.05, 4.69) is 20.9 Å². The summed E-state index contributed by atoms with van der Waals surface area (Å²) < 4.78 is 8.14. The number of carbonyl (C=O) groups excluding carboxylic acids is 1. The maximum absolute atomic E-state index is 12.7. The van der Waals surface area contributed by atoms with Gasteiger partial charge in [0.25, 0.3) is 5.56 Å². The Morgan fingerprint density at radius 3 is 2.69 bits per heavy atom. The molecule has 140 valence electrons. The third kappa shape index (κ3) is 4.13. The molecule has 1 aliphatic rings. The van der Waals surface area contributed by atoms with Crippen LogP contribution in [0.4, 0.5) is 0 Å². The number of benzene rings is 1. The number of ether oxygens (including phenoxy) is 1.